The van der Waals surface area contributed by atoms with Gasteiger partial charge in [-0.25, -0.2) is 0 Å². The number of carbonyl (C=O) groups is 2. The Hall–Kier alpha value is -1.89. The van der Waals surface area contributed by atoms with E-state index in [9.17, 15) is 9.59 Å². The number of carbonyl (C=O) groups excluding carboxylic acids is 2. The minimum absolute atomic E-state index is 0.0723. The highest BCUT2D eigenvalue weighted by Crippen LogP contribution is 2.24. The molecular formula is C19H31N5O2. The second-order valence-electron chi connectivity index (χ2n) is 7.87. The summed E-state index contributed by atoms with van der Waals surface area (Å²) in [5.41, 5.74) is 0.879. The van der Waals surface area contributed by atoms with Crippen molar-refractivity contribution >= 4 is 17.5 Å². The fraction of sp³-hybridized carbons (Fsp3) is 0.737. The molecule has 0 unspecified atom stereocenters. The summed E-state index contributed by atoms with van der Waals surface area (Å²) < 4.78 is 1.73. The highest BCUT2D eigenvalue weighted by molar-refractivity contribution is 5.97. The third kappa shape index (κ3) is 4.26. The summed E-state index contributed by atoms with van der Waals surface area (Å²) >= 11 is 0. The molecule has 1 aromatic rings. The quantitative estimate of drug-likeness (QED) is 0.797. The summed E-state index contributed by atoms with van der Waals surface area (Å²) in [5, 5.41) is 4.19. The molecule has 0 saturated carbocycles. The Labute approximate surface area is 155 Å². The number of aryl methyl sites for hydroxylation is 1. The van der Waals surface area contributed by atoms with Crippen LogP contribution in [0.4, 0.5) is 5.69 Å². The largest absolute Gasteiger partial charge is 0.340 e. The lowest BCUT2D eigenvalue weighted by Gasteiger charge is -2.42. The van der Waals surface area contributed by atoms with E-state index in [1.165, 1.54) is 0 Å². The fourth-order valence-corrected chi connectivity index (χ4v) is 3.85. The molecule has 0 aromatic carbocycles. The fourth-order valence-electron chi connectivity index (χ4n) is 3.85. The van der Waals surface area contributed by atoms with Crippen molar-refractivity contribution in [1.29, 1.82) is 0 Å². The first kappa shape index (κ1) is 18.9. The summed E-state index contributed by atoms with van der Waals surface area (Å²) in [7, 11) is 1.87. The number of piperidine rings is 1. The molecule has 2 aliphatic heterocycles. The van der Waals surface area contributed by atoms with Gasteiger partial charge in [0.15, 0.2) is 0 Å². The molecule has 0 radical (unpaired) electrons. The van der Waals surface area contributed by atoms with Gasteiger partial charge in [-0.1, -0.05) is 13.8 Å². The van der Waals surface area contributed by atoms with Crippen molar-refractivity contribution in [3.8, 4) is 0 Å². The van der Waals surface area contributed by atoms with Crippen molar-refractivity contribution in [3.05, 3.63) is 12.4 Å². The number of hydrogen-bond acceptors (Lipinski definition) is 4. The molecule has 1 atom stereocenters. The van der Waals surface area contributed by atoms with Gasteiger partial charge in [0.25, 0.3) is 0 Å². The normalized spacial score (nSPS) is 22.3. The van der Waals surface area contributed by atoms with Crippen molar-refractivity contribution in [2.24, 2.45) is 13.0 Å². The van der Waals surface area contributed by atoms with E-state index in [0.29, 0.717) is 12.3 Å². The molecule has 3 rings (SSSR count). The van der Waals surface area contributed by atoms with Crippen LogP contribution < -0.4 is 4.90 Å². The number of piperazine rings is 1. The Morgan fingerprint density at radius 2 is 1.96 bits per heavy atom. The zero-order valence-electron chi connectivity index (χ0n) is 16.2. The van der Waals surface area contributed by atoms with E-state index < -0.39 is 0 Å². The lowest BCUT2D eigenvalue weighted by Crippen LogP contribution is -2.58. The number of anilines is 1. The van der Waals surface area contributed by atoms with Gasteiger partial charge in [-0.05, 0) is 25.2 Å². The van der Waals surface area contributed by atoms with Crippen LogP contribution in [-0.4, -0.2) is 70.2 Å². The van der Waals surface area contributed by atoms with Gasteiger partial charge >= 0.3 is 0 Å². The Kier molecular flexibility index (Phi) is 5.96. The molecule has 2 saturated heterocycles. The lowest BCUT2D eigenvalue weighted by molar-refractivity contribution is -0.134. The minimum Gasteiger partial charge on any atom is -0.340 e. The SMILES string of the molecule is CC(C)CCC(=O)N1CCN([C@@H]2CCCN(c3cnn(C)c3)C2=O)CC1. The van der Waals surface area contributed by atoms with Crippen LogP contribution in [0.1, 0.15) is 39.5 Å². The Morgan fingerprint density at radius 3 is 2.58 bits per heavy atom. The van der Waals surface area contributed by atoms with Crippen LogP contribution >= 0.6 is 0 Å². The molecule has 144 valence electrons. The average Bonchev–Trinajstić information content (AvgIpc) is 3.06. The number of nitrogens with zero attached hydrogens (tertiary/aromatic N) is 5. The summed E-state index contributed by atoms with van der Waals surface area (Å²) in [4.78, 5) is 31.4. The summed E-state index contributed by atoms with van der Waals surface area (Å²) in [6, 6.07) is -0.0723. The molecular weight excluding hydrogens is 330 g/mol. The van der Waals surface area contributed by atoms with Gasteiger partial charge in [-0.3, -0.25) is 19.2 Å². The molecule has 0 spiro atoms. The minimum atomic E-state index is -0.0723. The Bertz CT molecular complexity index is 634. The zero-order chi connectivity index (χ0) is 18.7. The molecule has 2 fully saturated rings. The maximum Gasteiger partial charge on any atom is 0.244 e. The maximum atomic E-state index is 13.0. The number of aromatic nitrogens is 2. The predicted octanol–water partition coefficient (Wildman–Crippen LogP) is 1.50. The monoisotopic (exact) mass is 361 g/mol. The van der Waals surface area contributed by atoms with Crippen molar-refractivity contribution in [1.82, 2.24) is 19.6 Å². The molecule has 2 amide bonds. The first-order chi connectivity index (χ1) is 12.5. The van der Waals surface area contributed by atoms with E-state index in [1.807, 2.05) is 23.0 Å². The maximum absolute atomic E-state index is 13.0. The van der Waals surface area contributed by atoms with E-state index in [2.05, 4.69) is 23.8 Å². The van der Waals surface area contributed by atoms with Crippen LogP contribution in [0, 0.1) is 5.92 Å². The number of amides is 2. The predicted molar refractivity (Wildman–Crippen MR) is 101 cm³/mol. The smallest absolute Gasteiger partial charge is 0.244 e. The van der Waals surface area contributed by atoms with Crippen molar-refractivity contribution in [3.63, 3.8) is 0 Å². The van der Waals surface area contributed by atoms with Crippen molar-refractivity contribution in [2.45, 2.75) is 45.6 Å². The second-order valence-corrected chi connectivity index (χ2v) is 7.87. The molecule has 26 heavy (non-hydrogen) atoms. The topological polar surface area (TPSA) is 61.7 Å². The van der Waals surface area contributed by atoms with Crippen molar-refractivity contribution < 1.29 is 9.59 Å². The van der Waals surface area contributed by atoms with Gasteiger partial charge in [-0.15, -0.1) is 0 Å². The van der Waals surface area contributed by atoms with E-state index in [1.54, 1.807) is 10.9 Å². The second kappa shape index (κ2) is 8.20. The molecule has 0 N–H and O–H groups in total. The van der Waals surface area contributed by atoms with Gasteiger partial charge in [0.05, 0.1) is 17.9 Å². The lowest BCUT2D eigenvalue weighted by atomic mass is 10.0. The van der Waals surface area contributed by atoms with Gasteiger partial charge in [-0.2, -0.15) is 5.10 Å². The summed E-state index contributed by atoms with van der Waals surface area (Å²) in [5.74, 6) is 0.979. The first-order valence-electron chi connectivity index (χ1n) is 9.77. The summed E-state index contributed by atoms with van der Waals surface area (Å²) in [6.45, 7) is 8.08. The molecule has 7 nitrogen and oxygen atoms in total. The molecule has 7 heteroatoms. The van der Waals surface area contributed by atoms with Crippen molar-refractivity contribution in [2.75, 3.05) is 37.6 Å². The van der Waals surface area contributed by atoms with Crippen LogP contribution in [0.2, 0.25) is 0 Å². The Morgan fingerprint density at radius 1 is 1.23 bits per heavy atom. The van der Waals surface area contributed by atoms with Gasteiger partial charge in [0, 0.05) is 52.4 Å². The van der Waals surface area contributed by atoms with E-state index in [-0.39, 0.29) is 17.9 Å². The highest BCUT2D eigenvalue weighted by atomic mass is 16.2. The van der Waals surface area contributed by atoms with E-state index >= 15 is 0 Å². The summed E-state index contributed by atoms with van der Waals surface area (Å²) in [6.07, 6.45) is 7.13. The molecule has 1 aromatic heterocycles. The zero-order valence-corrected chi connectivity index (χ0v) is 16.2. The number of hydrogen-bond donors (Lipinski definition) is 0. The van der Waals surface area contributed by atoms with Crippen LogP contribution in [0.25, 0.3) is 0 Å². The standard InChI is InChI=1S/C19H31N5O2/c1-15(2)6-7-18(25)23-11-9-22(10-12-23)17-5-4-8-24(19(17)26)16-13-20-21(3)14-16/h13-15,17H,4-12H2,1-3H3/t17-/m1/s1. The highest BCUT2D eigenvalue weighted by Gasteiger charge is 2.36. The molecule has 3 heterocycles. The number of rotatable bonds is 5. The van der Waals surface area contributed by atoms with Gasteiger partial charge < -0.3 is 9.80 Å². The van der Waals surface area contributed by atoms with Crippen LogP contribution in [-0.2, 0) is 16.6 Å². The Balaban J connectivity index is 1.55. The van der Waals surface area contributed by atoms with E-state index in [0.717, 1.165) is 57.7 Å². The molecule has 0 aliphatic carbocycles. The van der Waals surface area contributed by atoms with E-state index in [4.69, 9.17) is 0 Å². The van der Waals surface area contributed by atoms with Crippen LogP contribution in [0.15, 0.2) is 12.4 Å². The molecule has 2 aliphatic rings. The third-order valence-corrected chi connectivity index (χ3v) is 5.46. The first-order valence-corrected chi connectivity index (χ1v) is 9.77. The van der Waals surface area contributed by atoms with Crippen LogP contribution in [0.3, 0.4) is 0 Å². The van der Waals surface area contributed by atoms with Gasteiger partial charge in [0.2, 0.25) is 11.8 Å². The third-order valence-electron chi connectivity index (χ3n) is 5.46. The average molecular weight is 361 g/mol. The van der Waals surface area contributed by atoms with Gasteiger partial charge in [0.1, 0.15) is 0 Å². The molecule has 0 bridgehead atoms. The van der Waals surface area contributed by atoms with Crippen LogP contribution in [0.5, 0.6) is 0 Å².